The number of hydrogen-bond donors (Lipinski definition) is 1. The third-order valence-electron chi connectivity index (χ3n) is 3.25. The molecule has 1 unspecified atom stereocenters. The van der Waals surface area contributed by atoms with Gasteiger partial charge in [0, 0.05) is 23.1 Å². The molecule has 1 N–H and O–H groups in total. The van der Waals surface area contributed by atoms with Crippen molar-refractivity contribution in [3.05, 3.63) is 0 Å². The first-order valence-corrected chi connectivity index (χ1v) is 7.18. The second-order valence-electron chi connectivity index (χ2n) is 4.89. The van der Waals surface area contributed by atoms with Gasteiger partial charge in [0.05, 0.1) is 0 Å². The highest BCUT2D eigenvalue weighted by molar-refractivity contribution is 8.00. The van der Waals surface area contributed by atoms with Gasteiger partial charge in [-0.05, 0) is 25.7 Å². The van der Waals surface area contributed by atoms with Crippen molar-refractivity contribution in [1.29, 1.82) is 0 Å². The lowest BCUT2D eigenvalue weighted by Gasteiger charge is -2.24. The molecule has 0 heterocycles. The van der Waals surface area contributed by atoms with Crippen molar-refractivity contribution < 1.29 is 0 Å². The zero-order chi connectivity index (χ0) is 9.80. The average molecular weight is 213 g/mol. The SMILES string of the molecule is CC(CNC1CC1)SC1CCCCC1. The van der Waals surface area contributed by atoms with E-state index in [1.54, 1.807) is 0 Å². The van der Waals surface area contributed by atoms with Gasteiger partial charge < -0.3 is 5.32 Å². The van der Waals surface area contributed by atoms with Crippen LogP contribution in [0.5, 0.6) is 0 Å². The second-order valence-corrected chi connectivity index (χ2v) is 6.63. The summed E-state index contributed by atoms with van der Waals surface area (Å²) in [6.07, 6.45) is 10.2. The monoisotopic (exact) mass is 213 g/mol. The number of hydrogen-bond acceptors (Lipinski definition) is 2. The second kappa shape index (κ2) is 5.41. The van der Waals surface area contributed by atoms with Crippen LogP contribution in [0.1, 0.15) is 51.9 Å². The zero-order valence-corrected chi connectivity index (χ0v) is 10.1. The molecule has 0 spiro atoms. The maximum Gasteiger partial charge on any atom is 0.0147 e. The van der Waals surface area contributed by atoms with Crippen LogP contribution in [0.15, 0.2) is 0 Å². The van der Waals surface area contributed by atoms with E-state index in [9.17, 15) is 0 Å². The van der Waals surface area contributed by atoms with E-state index < -0.39 is 0 Å². The molecule has 1 nitrogen and oxygen atoms in total. The van der Waals surface area contributed by atoms with Crippen molar-refractivity contribution in [2.75, 3.05) is 6.54 Å². The smallest absolute Gasteiger partial charge is 0.0147 e. The van der Waals surface area contributed by atoms with Crippen molar-refractivity contribution in [1.82, 2.24) is 5.32 Å². The van der Waals surface area contributed by atoms with Crippen LogP contribution in [0.4, 0.5) is 0 Å². The normalized spacial score (nSPS) is 26.4. The lowest BCUT2D eigenvalue weighted by molar-refractivity contribution is 0.514. The summed E-state index contributed by atoms with van der Waals surface area (Å²) in [6, 6.07) is 0.879. The number of rotatable bonds is 5. The summed E-state index contributed by atoms with van der Waals surface area (Å²) in [7, 11) is 0. The minimum atomic E-state index is 0.818. The highest BCUT2D eigenvalue weighted by Gasteiger charge is 2.22. The van der Waals surface area contributed by atoms with Crippen LogP contribution in [-0.4, -0.2) is 23.1 Å². The molecule has 2 fully saturated rings. The number of nitrogens with one attached hydrogen (secondary N) is 1. The molecule has 0 radical (unpaired) electrons. The Labute approximate surface area is 92.4 Å². The van der Waals surface area contributed by atoms with Gasteiger partial charge in [0.25, 0.3) is 0 Å². The highest BCUT2D eigenvalue weighted by Crippen LogP contribution is 2.31. The van der Waals surface area contributed by atoms with Gasteiger partial charge >= 0.3 is 0 Å². The predicted molar refractivity (Wildman–Crippen MR) is 65.0 cm³/mol. The molecular weight excluding hydrogens is 190 g/mol. The van der Waals surface area contributed by atoms with Crippen LogP contribution >= 0.6 is 11.8 Å². The molecule has 0 aliphatic heterocycles. The fourth-order valence-electron chi connectivity index (χ4n) is 2.20. The molecule has 2 heteroatoms. The van der Waals surface area contributed by atoms with E-state index in [2.05, 4.69) is 24.0 Å². The van der Waals surface area contributed by atoms with Gasteiger partial charge in [-0.1, -0.05) is 26.2 Å². The Balaban J connectivity index is 1.57. The van der Waals surface area contributed by atoms with Crippen LogP contribution in [0.2, 0.25) is 0 Å². The molecule has 2 aliphatic rings. The Kier molecular flexibility index (Phi) is 4.18. The quantitative estimate of drug-likeness (QED) is 0.753. The topological polar surface area (TPSA) is 12.0 Å². The molecule has 0 amide bonds. The fourth-order valence-corrected chi connectivity index (χ4v) is 3.65. The standard InChI is InChI=1S/C12H23NS/c1-10(9-13-11-7-8-11)14-12-5-3-2-4-6-12/h10-13H,2-9H2,1H3. The molecule has 2 aliphatic carbocycles. The van der Waals surface area contributed by atoms with Gasteiger partial charge in [0.1, 0.15) is 0 Å². The summed E-state index contributed by atoms with van der Waals surface area (Å²) in [4.78, 5) is 0. The first kappa shape index (κ1) is 10.8. The Morgan fingerprint density at radius 2 is 1.86 bits per heavy atom. The van der Waals surface area contributed by atoms with E-state index >= 15 is 0 Å². The van der Waals surface area contributed by atoms with Crippen LogP contribution < -0.4 is 5.32 Å². The van der Waals surface area contributed by atoms with E-state index in [1.165, 1.54) is 51.5 Å². The molecule has 0 bridgehead atoms. The summed E-state index contributed by atoms with van der Waals surface area (Å²) < 4.78 is 0. The third-order valence-corrected chi connectivity index (χ3v) is 4.74. The van der Waals surface area contributed by atoms with Crippen molar-refractivity contribution in [2.24, 2.45) is 0 Å². The maximum atomic E-state index is 3.63. The van der Waals surface area contributed by atoms with Crippen LogP contribution in [-0.2, 0) is 0 Å². The molecule has 2 rings (SSSR count). The minimum absolute atomic E-state index is 0.818. The summed E-state index contributed by atoms with van der Waals surface area (Å²) >= 11 is 2.23. The Morgan fingerprint density at radius 3 is 2.50 bits per heavy atom. The first-order chi connectivity index (χ1) is 6.84. The van der Waals surface area contributed by atoms with Crippen molar-refractivity contribution in [3.8, 4) is 0 Å². The molecule has 0 saturated heterocycles. The zero-order valence-electron chi connectivity index (χ0n) is 9.30. The van der Waals surface area contributed by atoms with E-state index in [1.807, 2.05) is 0 Å². The van der Waals surface area contributed by atoms with Crippen LogP contribution in [0, 0.1) is 0 Å². The van der Waals surface area contributed by atoms with Gasteiger partial charge in [-0.15, -0.1) is 0 Å². The molecule has 1 atom stereocenters. The lowest BCUT2D eigenvalue weighted by Crippen LogP contribution is -2.26. The highest BCUT2D eigenvalue weighted by atomic mass is 32.2. The van der Waals surface area contributed by atoms with E-state index in [0.29, 0.717) is 0 Å². The summed E-state index contributed by atoms with van der Waals surface area (Å²) in [5, 5.41) is 5.42. The summed E-state index contributed by atoms with van der Waals surface area (Å²) in [6.45, 7) is 3.61. The van der Waals surface area contributed by atoms with Crippen molar-refractivity contribution in [3.63, 3.8) is 0 Å². The first-order valence-electron chi connectivity index (χ1n) is 6.23. The molecular formula is C12H23NS. The van der Waals surface area contributed by atoms with E-state index in [-0.39, 0.29) is 0 Å². The third kappa shape index (κ3) is 3.82. The van der Waals surface area contributed by atoms with E-state index in [4.69, 9.17) is 0 Å². The molecule has 0 aromatic heterocycles. The maximum absolute atomic E-state index is 3.63. The fraction of sp³-hybridized carbons (Fsp3) is 1.00. The number of thioether (sulfide) groups is 1. The van der Waals surface area contributed by atoms with Crippen LogP contribution in [0.3, 0.4) is 0 Å². The van der Waals surface area contributed by atoms with Gasteiger partial charge in [-0.2, -0.15) is 11.8 Å². The molecule has 2 saturated carbocycles. The Hall–Kier alpha value is 0.310. The van der Waals surface area contributed by atoms with Crippen LogP contribution in [0.25, 0.3) is 0 Å². The van der Waals surface area contributed by atoms with Crippen molar-refractivity contribution >= 4 is 11.8 Å². The van der Waals surface area contributed by atoms with Gasteiger partial charge in [-0.25, -0.2) is 0 Å². The van der Waals surface area contributed by atoms with Crippen molar-refractivity contribution in [2.45, 2.75) is 68.4 Å². The summed E-state index contributed by atoms with van der Waals surface area (Å²) in [5.74, 6) is 0. The van der Waals surface area contributed by atoms with Gasteiger partial charge in [0.15, 0.2) is 0 Å². The van der Waals surface area contributed by atoms with Gasteiger partial charge in [0.2, 0.25) is 0 Å². The van der Waals surface area contributed by atoms with Gasteiger partial charge in [-0.3, -0.25) is 0 Å². The molecule has 0 aromatic carbocycles. The Morgan fingerprint density at radius 1 is 1.14 bits per heavy atom. The molecule has 82 valence electrons. The summed E-state index contributed by atoms with van der Waals surface area (Å²) in [5.41, 5.74) is 0. The molecule has 0 aromatic rings. The Bertz CT molecular complexity index is 162. The lowest BCUT2D eigenvalue weighted by atomic mass is 10.0. The van der Waals surface area contributed by atoms with E-state index in [0.717, 1.165) is 16.5 Å². The molecule has 14 heavy (non-hydrogen) atoms. The predicted octanol–water partition coefficient (Wildman–Crippen LogP) is 3.19. The largest absolute Gasteiger partial charge is 0.313 e. The minimum Gasteiger partial charge on any atom is -0.313 e. The average Bonchev–Trinajstić information content (AvgIpc) is 3.00.